The molecule has 3 aliphatic heterocycles. The lowest BCUT2D eigenvalue weighted by atomic mass is 9.66. The van der Waals surface area contributed by atoms with E-state index in [1.54, 1.807) is 23.6 Å². The number of unbranched alkanes of at least 4 members (excludes halogenated alkanes) is 2. The van der Waals surface area contributed by atoms with Crippen molar-refractivity contribution in [1.29, 1.82) is 0 Å². The van der Waals surface area contributed by atoms with Gasteiger partial charge in [-0.05, 0) is 44.1 Å². The third kappa shape index (κ3) is 4.16. The molecule has 0 aromatic heterocycles. The minimum Gasteiger partial charge on any atom is -0.466 e. The van der Waals surface area contributed by atoms with Gasteiger partial charge in [-0.2, -0.15) is 0 Å². The van der Waals surface area contributed by atoms with Gasteiger partial charge >= 0.3 is 5.97 Å². The van der Waals surface area contributed by atoms with Gasteiger partial charge in [0.05, 0.1) is 23.2 Å². The van der Waals surface area contributed by atoms with Crippen LogP contribution in [0.3, 0.4) is 0 Å². The summed E-state index contributed by atoms with van der Waals surface area (Å²) in [5.74, 6) is -1.44. The van der Waals surface area contributed by atoms with Crippen LogP contribution in [0.5, 0.6) is 0 Å². The predicted molar refractivity (Wildman–Crippen MR) is 126 cm³/mol. The number of benzene rings is 1. The lowest BCUT2D eigenvalue weighted by Crippen LogP contribution is -2.56. The van der Waals surface area contributed by atoms with Gasteiger partial charge in [-0.3, -0.25) is 14.4 Å². The van der Waals surface area contributed by atoms with E-state index in [1.807, 2.05) is 30.3 Å². The highest BCUT2D eigenvalue weighted by molar-refractivity contribution is 8.02. The van der Waals surface area contributed by atoms with Gasteiger partial charge in [0.1, 0.15) is 6.04 Å². The molecule has 0 aliphatic carbocycles. The van der Waals surface area contributed by atoms with E-state index >= 15 is 0 Å². The lowest BCUT2D eigenvalue weighted by molar-refractivity contribution is -0.154. The molecule has 1 spiro atoms. The number of aliphatic hydroxyl groups is 1. The maximum absolute atomic E-state index is 13.8. The summed E-state index contributed by atoms with van der Waals surface area (Å²) in [4.78, 5) is 42.0. The summed E-state index contributed by atoms with van der Waals surface area (Å²) in [6.07, 6.45) is 2.96. The molecule has 180 valence electrons. The summed E-state index contributed by atoms with van der Waals surface area (Å²) in [5, 5.41) is 12.2. The number of ether oxygens (including phenoxy) is 1. The fourth-order valence-electron chi connectivity index (χ4n) is 6.02. The molecule has 7 nitrogen and oxygen atoms in total. The van der Waals surface area contributed by atoms with Crippen LogP contribution in [0.25, 0.3) is 0 Å². The quantitative estimate of drug-likeness (QED) is 0.399. The van der Waals surface area contributed by atoms with Crippen molar-refractivity contribution in [2.75, 3.05) is 19.8 Å². The van der Waals surface area contributed by atoms with E-state index in [-0.39, 0.29) is 42.2 Å². The van der Waals surface area contributed by atoms with E-state index in [1.165, 1.54) is 0 Å². The minimum atomic E-state index is -0.614. The van der Waals surface area contributed by atoms with E-state index in [2.05, 4.69) is 12.2 Å². The third-order valence-corrected chi connectivity index (χ3v) is 9.50. The van der Waals surface area contributed by atoms with Crippen LogP contribution < -0.4 is 5.32 Å². The fourth-order valence-corrected chi connectivity index (χ4v) is 8.43. The second kappa shape index (κ2) is 10.1. The van der Waals surface area contributed by atoms with Crippen LogP contribution in [-0.4, -0.2) is 63.6 Å². The molecule has 3 saturated heterocycles. The number of esters is 1. The monoisotopic (exact) mass is 474 g/mol. The normalized spacial score (nSPS) is 32.2. The van der Waals surface area contributed by atoms with Gasteiger partial charge in [-0.15, -0.1) is 11.8 Å². The Balaban J connectivity index is 1.62. The maximum atomic E-state index is 13.8. The van der Waals surface area contributed by atoms with Gasteiger partial charge < -0.3 is 20.1 Å². The lowest BCUT2D eigenvalue weighted by Gasteiger charge is -2.38. The number of hydrogen-bond donors (Lipinski definition) is 2. The third-order valence-electron chi connectivity index (χ3n) is 7.42. The first-order valence-electron chi connectivity index (χ1n) is 12.0. The molecular formula is C25H34N2O5S. The predicted octanol–water partition coefficient (Wildman–Crippen LogP) is 2.37. The molecule has 1 aromatic rings. The Morgan fingerprint density at radius 1 is 1.24 bits per heavy atom. The van der Waals surface area contributed by atoms with Gasteiger partial charge in [0.15, 0.2) is 0 Å². The smallest absolute Gasteiger partial charge is 0.310 e. The summed E-state index contributed by atoms with van der Waals surface area (Å²) in [6, 6.07) is 9.11. The Morgan fingerprint density at radius 3 is 2.70 bits per heavy atom. The fraction of sp³-hybridized carbons (Fsp3) is 0.640. The number of carbonyl (C=O) groups is 3. The average Bonchev–Trinajstić information content (AvgIpc) is 3.40. The van der Waals surface area contributed by atoms with Crippen LogP contribution in [-0.2, 0) is 25.7 Å². The highest BCUT2D eigenvalue weighted by Gasteiger charge is 2.76. The Bertz CT molecular complexity index is 881. The number of aliphatic hydroxyl groups excluding tert-OH is 1. The molecule has 3 heterocycles. The Kier molecular flexibility index (Phi) is 7.34. The van der Waals surface area contributed by atoms with Gasteiger partial charge in [0, 0.05) is 24.9 Å². The summed E-state index contributed by atoms with van der Waals surface area (Å²) in [6.45, 7) is 5.13. The van der Waals surface area contributed by atoms with Crippen molar-refractivity contribution < 1.29 is 24.2 Å². The van der Waals surface area contributed by atoms with Crippen molar-refractivity contribution in [1.82, 2.24) is 10.2 Å². The van der Waals surface area contributed by atoms with Crippen molar-refractivity contribution in [2.45, 2.75) is 62.1 Å². The molecule has 8 heteroatoms. The van der Waals surface area contributed by atoms with E-state index in [4.69, 9.17) is 9.84 Å². The standard InChI is InChI=1S/C25H34N2O5S/c1-3-32-24(31)19-18-14-16(2)25(33-18)20(19)23(30)27(12-8-5-9-13-28)21(25)22(29)26-15-17-10-6-4-7-11-17/h4,6-7,10-11,16,18-21,28H,3,5,8-9,12-15H2,1-2H3,(H,26,29)/t16?,18-,19+,20-,21?,25?/m0/s1. The number of nitrogens with one attached hydrogen (secondary N) is 1. The highest BCUT2D eigenvalue weighted by atomic mass is 32.2. The van der Waals surface area contributed by atoms with Crippen molar-refractivity contribution >= 4 is 29.5 Å². The van der Waals surface area contributed by atoms with Gasteiger partial charge in [-0.25, -0.2) is 0 Å². The molecule has 3 unspecified atom stereocenters. The summed E-state index contributed by atoms with van der Waals surface area (Å²) < 4.78 is 4.75. The second-order valence-electron chi connectivity index (χ2n) is 9.32. The Hall–Kier alpha value is -2.06. The minimum absolute atomic E-state index is 0.00830. The van der Waals surface area contributed by atoms with E-state index in [0.717, 1.165) is 18.4 Å². The number of fused-ring (bicyclic) bond motifs is 1. The summed E-state index contributed by atoms with van der Waals surface area (Å²) >= 11 is 1.67. The van der Waals surface area contributed by atoms with Crippen molar-refractivity contribution in [3.63, 3.8) is 0 Å². The first-order valence-corrected chi connectivity index (χ1v) is 12.9. The zero-order valence-electron chi connectivity index (χ0n) is 19.4. The molecule has 1 aromatic carbocycles. The molecule has 6 atom stereocenters. The average molecular weight is 475 g/mol. The zero-order chi connectivity index (χ0) is 23.6. The Labute approximate surface area is 199 Å². The number of nitrogens with zero attached hydrogens (tertiary/aromatic N) is 1. The first-order chi connectivity index (χ1) is 16.0. The van der Waals surface area contributed by atoms with Crippen LogP contribution in [0.15, 0.2) is 30.3 Å². The number of thioether (sulfide) groups is 1. The molecular weight excluding hydrogens is 440 g/mol. The van der Waals surface area contributed by atoms with E-state index < -0.39 is 22.6 Å². The van der Waals surface area contributed by atoms with Gasteiger partial charge in [0.2, 0.25) is 11.8 Å². The Morgan fingerprint density at radius 2 is 2.00 bits per heavy atom. The molecule has 33 heavy (non-hydrogen) atoms. The van der Waals surface area contributed by atoms with Crippen molar-refractivity contribution in [2.24, 2.45) is 17.8 Å². The molecule has 2 bridgehead atoms. The SMILES string of the molecule is CCOC(=O)[C@@H]1[C@@H]2CC(C)C3(S2)C(C(=O)NCc2ccccc2)N(CCCCCO)C(=O)[C@H]13. The summed E-state index contributed by atoms with van der Waals surface area (Å²) in [5.41, 5.74) is 1.000. The topological polar surface area (TPSA) is 95.9 Å². The molecule has 3 fully saturated rings. The van der Waals surface area contributed by atoms with Crippen LogP contribution in [0, 0.1) is 17.8 Å². The number of hydrogen-bond acceptors (Lipinski definition) is 6. The van der Waals surface area contributed by atoms with Crippen molar-refractivity contribution in [3.05, 3.63) is 35.9 Å². The van der Waals surface area contributed by atoms with Crippen molar-refractivity contribution in [3.8, 4) is 0 Å². The molecule has 4 rings (SSSR count). The van der Waals surface area contributed by atoms with Crippen LogP contribution >= 0.6 is 11.8 Å². The largest absolute Gasteiger partial charge is 0.466 e. The molecule has 2 N–H and O–H groups in total. The number of amides is 2. The number of rotatable bonds is 10. The molecule has 3 aliphatic rings. The van der Waals surface area contributed by atoms with Gasteiger partial charge in [-0.1, -0.05) is 37.3 Å². The second-order valence-corrected chi connectivity index (χ2v) is 10.9. The number of carbonyl (C=O) groups excluding carboxylic acids is 3. The molecule has 0 radical (unpaired) electrons. The van der Waals surface area contributed by atoms with Crippen LogP contribution in [0.1, 0.15) is 45.1 Å². The molecule has 2 amide bonds. The van der Waals surface area contributed by atoms with E-state index in [9.17, 15) is 14.4 Å². The number of likely N-dealkylation sites (tertiary alicyclic amines) is 1. The first kappa shape index (κ1) is 24.1. The summed E-state index contributed by atoms with van der Waals surface area (Å²) in [7, 11) is 0. The molecule has 0 saturated carbocycles. The maximum Gasteiger partial charge on any atom is 0.310 e. The van der Waals surface area contributed by atoms with Crippen LogP contribution in [0.4, 0.5) is 0 Å². The highest BCUT2D eigenvalue weighted by Crippen LogP contribution is 2.68. The van der Waals surface area contributed by atoms with Gasteiger partial charge in [0.25, 0.3) is 0 Å². The van der Waals surface area contributed by atoms with E-state index in [0.29, 0.717) is 25.9 Å². The zero-order valence-corrected chi connectivity index (χ0v) is 20.2. The van der Waals surface area contributed by atoms with Crippen LogP contribution in [0.2, 0.25) is 0 Å².